The third-order valence-corrected chi connectivity index (χ3v) is 5.56. The normalized spacial score (nSPS) is 16.1. The number of hydrogen-bond acceptors (Lipinski definition) is 5. The number of nitrogens with zero attached hydrogens (tertiary/aromatic N) is 3. The van der Waals surface area contributed by atoms with Crippen LogP contribution in [-0.2, 0) is 0 Å². The number of likely N-dealkylation sites (tertiary alicyclic amines) is 1. The first-order valence-corrected chi connectivity index (χ1v) is 10.4. The summed E-state index contributed by atoms with van der Waals surface area (Å²) in [6, 6.07) is 13.1. The number of benzene rings is 2. The van der Waals surface area contributed by atoms with E-state index in [9.17, 15) is 4.79 Å². The van der Waals surface area contributed by atoms with Crippen molar-refractivity contribution >= 4 is 17.3 Å². The van der Waals surface area contributed by atoms with Crippen LogP contribution < -0.4 is 16.2 Å². The van der Waals surface area contributed by atoms with Crippen LogP contribution in [0.15, 0.2) is 67.8 Å². The zero-order valence-corrected chi connectivity index (χ0v) is 17.4. The molecule has 0 unspecified atom stereocenters. The van der Waals surface area contributed by atoms with Crippen LogP contribution in [0, 0.1) is 5.92 Å². The predicted molar refractivity (Wildman–Crippen MR) is 122 cm³/mol. The molecule has 31 heavy (non-hydrogen) atoms. The highest BCUT2D eigenvalue weighted by atomic mass is 16.5. The lowest BCUT2D eigenvalue weighted by Crippen LogP contribution is -2.41. The second-order valence-electron chi connectivity index (χ2n) is 7.84. The van der Waals surface area contributed by atoms with Gasteiger partial charge in [-0.2, -0.15) is 0 Å². The summed E-state index contributed by atoms with van der Waals surface area (Å²) in [5.41, 5.74) is 15.1. The number of carbonyl (C=O) groups is 1. The van der Waals surface area contributed by atoms with Crippen molar-refractivity contribution in [1.82, 2.24) is 14.5 Å². The number of anilines is 1. The van der Waals surface area contributed by atoms with E-state index in [0.717, 1.165) is 25.1 Å². The number of rotatable bonds is 6. The van der Waals surface area contributed by atoms with Crippen molar-refractivity contribution in [3.8, 4) is 11.4 Å². The van der Waals surface area contributed by atoms with Gasteiger partial charge in [-0.1, -0.05) is 18.7 Å². The zero-order chi connectivity index (χ0) is 21.8. The maximum absolute atomic E-state index is 13.1. The van der Waals surface area contributed by atoms with Gasteiger partial charge in [-0.3, -0.25) is 4.79 Å². The minimum Gasteiger partial charge on any atom is -0.492 e. The van der Waals surface area contributed by atoms with Crippen LogP contribution in [0.3, 0.4) is 0 Å². The molecule has 160 valence electrons. The number of nitrogen functional groups attached to an aromatic ring is 1. The number of imidazole rings is 1. The molecule has 1 fully saturated rings. The van der Waals surface area contributed by atoms with Crippen LogP contribution in [0.25, 0.3) is 11.4 Å². The molecule has 0 aliphatic carbocycles. The number of nitrogens with two attached hydrogens (primary N) is 2. The number of carbonyl (C=O) groups excluding carboxylic acids is 1. The largest absolute Gasteiger partial charge is 0.492 e. The Morgan fingerprint density at radius 3 is 2.87 bits per heavy atom. The van der Waals surface area contributed by atoms with E-state index in [1.807, 2.05) is 52.1 Å². The van der Waals surface area contributed by atoms with Gasteiger partial charge in [0, 0.05) is 54.0 Å². The van der Waals surface area contributed by atoms with Gasteiger partial charge in [-0.25, -0.2) is 4.98 Å². The number of piperidine rings is 1. The van der Waals surface area contributed by atoms with Crippen LogP contribution in [0.5, 0.6) is 5.75 Å². The molecule has 1 atom stereocenters. The summed E-state index contributed by atoms with van der Waals surface area (Å²) in [5.74, 6) is 0.894. The number of amides is 1. The van der Waals surface area contributed by atoms with E-state index < -0.39 is 0 Å². The summed E-state index contributed by atoms with van der Waals surface area (Å²) < 4.78 is 7.94. The molecule has 1 aliphatic rings. The molecule has 3 aromatic rings. The number of aromatic nitrogens is 2. The van der Waals surface area contributed by atoms with E-state index in [4.69, 9.17) is 16.2 Å². The Kier molecular flexibility index (Phi) is 5.93. The van der Waals surface area contributed by atoms with Crippen LogP contribution in [0.2, 0.25) is 0 Å². The molecule has 7 nitrogen and oxygen atoms in total. The Balaban J connectivity index is 1.42. The van der Waals surface area contributed by atoms with Crippen LogP contribution >= 0.6 is 0 Å². The quantitative estimate of drug-likeness (QED) is 0.600. The average Bonchev–Trinajstić information content (AvgIpc) is 3.32. The van der Waals surface area contributed by atoms with E-state index in [1.165, 1.54) is 0 Å². The minimum atomic E-state index is 0.0339. The lowest BCUT2D eigenvalue weighted by Gasteiger charge is -2.33. The molecule has 2 heterocycles. The van der Waals surface area contributed by atoms with Crippen LogP contribution in [0.4, 0.5) is 5.69 Å². The SMILES string of the molecule is C=C(N)c1c(N)cccc1OC[C@H]1CCCN(C(=O)c2cccc(-n3ccnc3)c2)C1. The van der Waals surface area contributed by atoms with Gasteiger partial charge in [0.15, 0.2) is 0 Å². The lowest BCUT2D eigenvalue weighted by molar-refractivity contribution is 0.0633. The molecule has 0 spiro atoms. The number of hydrogen-bond donors (Lipinski definition) is 2. The molecule has 4 N–H and O–H groups in total. The van der Waals surface area contributed by atoms with Crippen molar-refractivity contribution < 1.29 is 9.53 Å². The van der Waals surface area contributed by atoms with Crippen LogP contribution in [-0.4, -0.2) is 40.1 Å². The molecule has 2 aromatic carbocycles. The molecular weight excluding hydrogens is 390 g/mol. The van der Waals surface area contributed by atoms with Gasteiger partial charge in [0.2, 0.25) is 0 Å². The van der Waals surface area contributed by atoms with Gasteiger partial charge in [-0.15, -0.1) is 0 Å². The summed E-state index contributed by atoms with van der Waals surface area (Å²) >= 11 is 0. The summed E-state index contributed by atoms with van der Waals surface area (Å²) in [6.07, 6.45) is 7.24. The fraction of sp³-hybridized carbons (Fsp3) is 0.250. The Labute approximate surface area is 181 Å². The first-order chi connectivity index (χ1) is 15.0. The highest BCUT2D eigenvalue weighted by Gasteiger charge is 2.25. The fourth-order valence-corrected chi connectivity index (χ4v) is 4.00. The summed E-state index contributed by atoms with van der Waals surface area (Å²) in [5, 5.41) is 0. The molecular formula is C24H27N5O2. The Morgan fingerprint density at radius 1 is 1.26 bits per heavy atom. The standard InChI is InChI=1S/C24H27N5O2/c1-17(25)23-21(26)8-3-9-22(23)31-15-18-5-4-11-28(14-18)24(30)19-6-2-7-20(13-19)29-12-10-27-16-29/h2-3,6-10,12-13,16,18H,1,4-5,11,14-15,25-26H2/t18-/m0/s1. The predicted octanol–water partition coefficient (Wildman–Crippen LogP) is 3.32. The molecule has 4 rings (SSSR count). The van der Waals surface area contributed by atoms with Crippen molar-refractivity contribution in [2.75, 3.05) is 25.4 Å². The molecule has 1 aromatic heterocycles. The van der Waals surface area contributed by atoms with Gasteiger partial charge in [0.25, 0.3) is 5.91 Å². The Morgan fingerprint density at radius 2 is 2.10 bits per heavy atom. The van der Waals surface area contributed by atoms with E-state index in [1.54, 1.807) is 18.6 Å². The van der Waals surface area contributed by atoms with Gasteiger partial charge in [0.1, 0.15) is 5.75 Å². The van der Waals surface area contributed by atoms with Gasteiger partial charge >= 0.3 is 0 Å². The first kappa shape index (κ1) is 20.5. The van der Waals surface area contributed by atoms with Crippen LogP contribution in [0.1, 0.15) is 28.8 Å². The lowest BCUT2D eigenvalue weighted by atomic mass is 9.98. The van der Waals surface area contributed by atoms with E-state index in [2.05, 4.69) is 11.6 Å². The van der Waals surface area contributed by atoms with Crippen molar-refractivity contribution in [1.29, 1.82) is 0 Å². The Hall–Kier alpha value is -3.74. The second-order valence-corrected chi connectivity index (χ2v) is 7.84. The maximum Gasteiger partial charge on any atom is 0.253 e. The minimum absolute atomic E-state index is 0.0339. The third-order valence-electron chi connectivity index (χ3n) is 5.56. The summed E-state index contributed by atoms with van der Waals surface area (Å²) in [4.78, 5) is 19.1. The molecule has 0 bridgehead atoms. The maximum atomic E-state index is 13.1. The summed E-state index contributed by atoms with van der Waals surface area (Å²) in [6.45, 7) is 5.68. The van der Waals surface area contributed by atoms with Crippen molar-refractivity contribution in [2.24, 2.45) is 11.7 Å². The van der Waals surface area contributed by atoms with E-state index in [0.29, 0.717) is 41.4 Å². The first-order valence-electron chi connectivity index (χ1n) is 10.4. The Bertz CT molecular complexity index is 1080. The van der Waals surface area contributed by atoms with Crippen molar-refractivity contribution in [2.45, 2.75) is 12.8 Å². The highest BCUT2D eigenvalue weighted by Crippen LogP contribution is 2.29. The third kappa shape index (κ3) is 4.55. The zero-order valence-electron chi connectivity index (χ0n) is 17.4. The second kappa shape index (κ2) is 8.95. The molecule has 1 saturated heterocycles. The fourth-order valence-electron chi connectivity index (χ4n) is 4.00. The molecule has 0 saturated carbocycles. The highest BCUT2D eigenvalue weighted by molar-refractivity contribution is 5.94. The van der Waals surface area contributed by atoms with Gasteiger partial charge in [0.05, 0.1) is 18.5 Å². The number of ether oxygens (including phenoxy) is 1. The van der Waals surface area contributed by atoms with Crippen molar-refractivity contribution in [3.05, 3.63) is 78.9 Å². The van der Waals surface area contributed by atoms with Crippen molar-refractivity contribution in [3.63, 3.8) is 0 Å². The molecule has 0 radical (unpaired) electrons. The van der Waals surface area contributed by atoms with Gasteiger partial charge in [-0.05, 0) is 43.2 Å². The molecule has 7 heteroatoms. The monoisotopic (exact) mass is 417 g/mol. The van der Waals surface area contributed by atoms with E-state index >= 15 is 0 Å². The molecule has 1 aliphatic heterocycles. The topological polar surface area (TPSA) is 99.4 Å². The van der Waals surface area contributed by atoms with E-state index in [-0.39, 0.29) is 11.8 Å². The smallest absolute Gasteiger partial charge is 0.253 e. The summed E-state index contributed by atoms with van der Waals surface area (Å²) in [7, 11) is 0. The van der Waals surface area contributed by atoms with Gasteiger partial charge < -0.3 is 25.7 Å². The average molecular weight is 418 g/mol. The molecule has 1 amide bonds.